The number of hydrogen-bond acceptors (Lipinski definition) is 4. The van der Waals surface area contributed by atoms with Gasteiger partial charge in [0.1, 0.15) is 6.04 Å². The molecule has 2 aromatic rings. The van der Waals surface area contributed by atoms with E-state index in [2.05, 4.69) is 10.2 Å². The highest BCUT2D eigenvalue weighted by Gasteiger charge is 2.40. The van der Waals surface area contributed by atoms with Gasteiger partial charge in [-0.1, -0.05) is 24.3 Å². The second-order valence-corrected chi connectivity index (χ2v) is 6.66. The molecule has 0 radical (unpaired) electrons. The molecule has 1 aromatic carbocycles. The van der Waals surface area contributed by atoms with Crippen molar-refractivity contribution in [3.63, 3.8) is 0 Å². The van der Waals surface area contributed by atoms with Crippen molar-refractivity contribution in [3.05, 3.63) is 47.7 Å². The number of carboxylic acids is 1. The first-order valence-corrected chi connectivity index (χ1v) is 7.75. The summed E-state index contributed by atoms with van der Waals surface area (Å²) < 4.78 is 26.1. The van der Waals surface area contributed by atoms with E-state index in [1.54, 1.807) is 6.07 Å². The molecule has 1 aliphatic rings. The van der Waals surface area contributed by atoms with Gasteiger partial charge < -0.3 is 5.11 Å². The third-order valence-corrected chi connectivity index (χ3v) is 5.34. The number of fused-ring (bicyclic) bond motifs is 1. The number of H-pyrrole nitrogens is 1. The number of sulfonamides is 1. The number of nitrogens with zero attached hydrogens (tertiary/aromatic N) is 2. The summed E-state index contributed by atoms with van der Waals surface area (Å²) in [5.41, 5.74) is 1.68. The molecule has 0 unspecified atom stereocenters. The molecule has 8 heteroatoms. The molecule has 110 valence electrons. The topological polar surface area (TPSA) is 103 Å². The summed E-state index contributed by atoms with van der Waals surface area (Å²) in [7, 11) is -3.92. The van der Waals surface area contributed by atoms with E-state index in [1.807, 2.05) is 18.2 Å². The number of nitrogens with one attached hydrogen (secondary N) is 1. The molecule has 7 nitrogen and oxygen atoms in total. The monoisotopic (exact) mass is 307 g/mol. The third kappa shape index (κ3) is 2.32. The minimum Gasteiger partial charge on any atom is -0.480 e. The molecule has 21 heavy (non-hydrogen) atoms. The van der Waals surface area contributed by atoms with Crippen LogP contribution in [-0.2, 0) is 27.8 Å². The molecule has 0 amide bonds. The maximum absolute atomic E-state index is 12.6. The Morgan fingerprint density at radius 3 is 2.62 bits per heavy atom. The highest BCUT2D eigenvalue weighted by molar-refractivity contribution is 7.89. The third-order valence-electron chi connectivity index (χ3n) is 3.55. The summed E-state index contributed by atoms with van der Waals surface area (Å²) >= 11 is 0. The first kappa shape index (κ1) is 13.8. The summed E-state index contributed by atoms with van der Waals surface area (Å²) in [6.45, 7) is 0.0362. The van der Waals surface area contributed by atoms with Gasteiger partial charge in [0.25, 0.3) is 10.0 Å². The molecule has 2 heterocycles. The lowest BCUT2D eigenvalue weighted by Crippen LogP contribution is -2.48. The van der Waals surface area contributed by atoms with E-state index < -0.39 is 22.0 Å². The van der Waals surface area contributed by atoms with E-state index in [9.17, 15) is 18.3 Å². The van der Waals surface area contributed by atoms with Crippen LogP contribution in [0.2, 0.25) is 0 Å². The molecule has 0 saturated heterocycles. The Morgan fingerprint density at radius 2 is 2.00 bits per heavy atom. The molecule has 1 aromatic heterocycles. The summed E-state index contributed by atoms with van der Waals surface area (Å²) in [4.78, 5) is 11.5. The smallest absolute Gasteiger partial charge is 0.322 e. The van der Waals surface area contributed by atoms with Crippen LogP contribution in [0.25, 0.3) is 0 Å². The van der Waals surface area contributed by atoms with E-state index in [1.165, 1.54) is 12.3 Å². The second kappa shape index (κ2) is 4.97. The van der Waals surface area contributed by atoms with Crippen LogP contribution in [0.5, 0.6) is 0 Å². The highest BCUT2D eigenvalue weighted by atomic mass is 32.2. The van der Waals surface area contributed by atoms with E-state index in [0.717, 1.165) is 15.4 Å². The molecule has 0 fully saturated rings. The average molecular weight is 307 g/mol. The Morgan fingerprint density at radius 1 is 1.29 bits per heavy atom. The van der Waals surface area contributed by atoms with E-state index in [0.29, 0.717) is 0 Å². The van der Waals surface area contributed by atoms with Gasteiger partial charge in [0.2, 0.25) is 0 Å². The van der Waals surface area contributed by atoms with Gasteiger partial charge in [-0.2, -0.15) is 9.40 Å². The lowest BCUT2D eigenvalue weighted by atomic mass is 9.96. The van der Waals surface area contributed by atoms with E-state index in [-0.39, 0.29) is 18.0 Å². The van der Waals surface area contributed by atoms with Gasteiger partial charge >= 0.3 is 5.97 Å². The van der Waals surface area contributed by atoms with E-state index in [4.69, 9.17) is 0 Å². The number of carboxylic acid groups (broad SMARTS) is 1. The van der Waals surface area contributed by atoms with Gasteiger partial charge in [0, 0.05) is 13.0 Å². The maximum Gasteiger partial charge on any atom is 0.322 e. The number of aromatic nitrogens is 2. The molecule has 0 aliphatic carbocycles. The molecule has 3 rings (SSSR count). The minimum atomic E-state index is -3.92. The number of hydrogen-bond donors (Lipinski definition) is 2. The predicted octanol–water partition coefficient (Wildman–Crippen LogP) is 0.610. The van der Waals surface area contributed by atoms with Gasteiger partial charge in [0.15, 0.2) is 5.03 Å². The number of aromatic amines is 1. The normalized spacial score (nSPS) is 19.1. The van der Waals surface area contributed by atoms with E-state index >= 15 is 0 Å². The molecular weight excluding hydrogens is 294 g/mol. The van der Waals surface area contributed by atoms with Crippen LogP contribution < -0.4 is 0 Å². The molecule has 1 aliphatic heterocycles. The van der Waals surface area contributed by atoms with Crippen molar-refractivity contribution in [2.45, 2.75) is 24.0 Å². The zero-order valence-corrected chi connectivity index (χ0v) is 11.7. The van der Waals surface area contributed by atoms with Gasteiger partial charge in [-0.3, -0.25) is 9.89 Å². The van der Waals surface area contributed by atoms with Crippen molar-refractivity contribution in [2.24, 2.45) is 0 Å². The Balaban J connectivity index is 2.06. The fraction of sp³-hybridized carbons (Fsp3) is 0.231. The van der Waals surface area contributed by atoms with Crippen LogP contribution in [-0.4, -0.2) is 40.0 Å². The first-order chi connectivity index (χ1) is 10.00. The fourth-order valence-electron chi connectivity index (χ4n) is 2.48. The van der Waals surface area contributed by atoms with Crippen molar-refractivity contribution in [2.75, 3.05) is 0 Å². The fourth-order valence-corrected chi connectivity index (χ4v) is 3.94. The minimum absolute atomic E-state index is 0.0362. The predicted molar refractivity (Wildman–Crippen MR) is 72.9 cm³/mol. The van der Waals surface area contributed by atoms with Crippen molar-refractivity contribution in [1.29, 1.82) is 0 Å². The van der Waals surface area contributed by atoms with Crippen LogP contribution in [0.1, 0.15) is 11.1 Å². The zero-order valence-electron chi connectivity index (χ0n) is 10.9. The molecule has 2 N–H and O–H groups in total. The highest BCUT2D eigenvalue weighted by Crippen LogP contribution is 2.28. The summed E-state index contributed by atoms with van der Waals surface area (Å²) in [6, 6.07) is 7.45. The Hall–Kier alpha value is -2.19. The van der Waals surface area contributed by atoms with Crippen molar-refractivity contribution >= 4 is 16.0 Å². The van der Waals surface area contributed by atoms with Crippen LogP contribution in [0.3, 0.4) is 0 Å². The SMILES string of the molecule is O=C(O)[C@H]1Cc2ccccc2CN1S(=O)(=O)c1ccn[nH]1. The lowest BCUT2D eigenvalue weighted by molar-refractivity contribution is -0.141. The molecule has 0 spiro atoms. The van der Waals surface area contributed by atoms with Gasteiger partial charge in [0.05, 0.1) is 6.20 Å². The van der Waals surface area contributed by atoms with Gasteiger partial charge in [-0.05, 0) is 17.2 Å². The standard InChI is InChI=1S/C13H13N3O4S/c17-13(18)11-7-9-3-1-2-4-10(9)8-16(11)21(19,20)12-5-6-14-15-12/h1-6,11H,7-8H2,(H,14,15)(H,17,18)/t11-/m1/s1. The van der Waals surface area contributed by atoms with Crippen molar-refractivity contribution < 1.29 is 18.3 Å². The Bertz CT molecular complexity index is 770. The average Bonchev–Trinajstić information content (AvgIpc) is 3.00. The number of rotatable bonds is 3. The Labute approximate surface area is 121 Å². The zero-order chi connectivity index (χ0) is 15.0. The van der Waals surface area contributed by atoms with Gasteiger partial charge in [-0.25, -0.2) is 8.42 Å². The van der Waals surface area contributed by atoms with Crippen LogP contribution in [0, 0.1) is 0 Å². The van der Waals surface area contributed by atoms with Crippen molar-refractivity contribution in [1.82, 2.24) is 14.5 Å². The van der Waals surface area contributed by atoms with Crippen LogP contribution in [0.4, 0.5) is 0 Å². The number of benzene rings is 1. The first-order valence-electron chi connectivity index (χ1n) is 6.31. The summed E-state index contributed by atoms with van der Waals surface area (Å²) in [5.74, 6) is -1.16. The number of carbonyl (C=O) groups is 1. The second-order valence-electron chi connectivity index (χ2n) is 4.80. The molecule has 0 bridgehead atoms. The van der Waals surface area contributed by atoms with Crippen LogP contribution in [0.15, 0.2) is 41.6 Å². The maximum atomic E-state index is 12.6. The largest absolute Gasteiger partial charge is 0.480 e. The molecule has 0 saturated carbocycles. The van der Waals surface area contributed by atoms with Crippen molar-refractivity contribution in [3.8, 4) is 0 Å². The molecule has 1 atom stereocenters. The lowest BCUT2D eigenvalue weighted by Gasteiger charge is -2.32. The quantitative estimate of drug-likeness (QED) is 0.864. The molecular formula is C13H13N3O4S. The summed E-state index contributed by atoms with van der Waals surface area (Å²) in [5, 5.41) is 15.3. The summed E-state index contributed by atoms with van der Waals surface area (Å²) in [6.07, 6.45) is 1.47. The van der Waals surface area contributed by atoms with Gasteiger partial charge in [-0.15, -0.1) is 0 Å². The Kier molecular flexibility index (Phi) is 3.26. The number of aliphatic carboxylic acids is 1. The van der Waals surface area contributed by atoms with Crippen LogP contribution >= 0.6 is 0 Å².